The Morgan fingerprint density at radius 3 is 2.34 bits per heavy atom. The lowest BCUT2D eigenvalue weighted by Gasteiger charge is -2.36. The van der Waals surface area contributed by atoms with Gasteiger partial charge in [0.05, 0.1) is 20.4 Å². The molecule has 1 unspecified atom stereocenters. The Balaban J connectivity index is 1.99. The molecule has 1 atom stereocenters. The van der Waals surface area contributed by atoms with E-state index in [2.05, 4.69) is 10.3 Å². The van der Waals surface area contributed by atoms with Gasteiger partial charge in [-0.2, -0.15) is 0 Å². The molecule has 1 aliphatic rings. The average molecular weight is 506 g/mol. The van der Waals surface area contributed by atoms with Crippen LogP contribution in [0.4, 0.5) is 19.3 Å². The van der Waals surface area contributed by atoms with Crippen LogP contribution in [0.3, 0.4) is 0 Å². The van der Waals surface area contributed by atoms with Gasteiger partial charge in [0.2, 0.25) is 0 Å². The van der Waals surface area contributed by atoms with Gasteiger partial charge in [-0.15, -0.1) is 0 Å². The predicted molar refractivity (Wildman–Crippen MR) is 132 cm³/mol. The summed E-state index contributed by atoms with van der Waals surface area (Å²) in [5.41, 5.74) is 1.09. The van der Waals surface area contributed by atoms with Crippen molar-refractivity contribution in [3.05, 3.63) is 52.9 Å². The summed E-state index contributed by atoms with van der Waals surface area (Å²) in [5.74, 6) is -2.01. The van der Waals surface area contributed by atoms with E-state index >= 15 is 0 Å². The quantitative estimate of drug-likeness (QED) is 0.604. The Hall–Kier alpha value is -2.85. The average Bonchev–Trinajstić information content (AvgIpc) is 2.70. The van der Waals surface area contributed by atoms with E-state index in [4.69, 9.17) is 9.47 Å². The van der Waals surface area contributed by atoms with Gasteiger partial charge in [0.15, 0.2) is 0 Å². The molecule has 35 heavy (non-hydrogen) atoms. The number of ether oxygens (including phenoxy) is 2. The normalized spacial score (nSPS) is 16.0. The number of carbonyl (C=O) groups is 2. The first-order chi connectivity index (χ1) is 16.2. The SMILES string of the molecule is COCc1ccc2c(n1)CCN(C(=O)OC(C)(C)C)C2C(=O)Nc1cc(F)c([Si](C)(C)C)c(F)c1. The Bertz CT molecular complexity index is 1110. The number of rotatable bonds is 5. The maximum absolute atomic E-state index is 14.8. The van der Waals surface area contributed by atoms with Crippen molar-refractivity contribution in [3.63, 3.8) is 0 Å². The number of pyridine rings is 1. The lowest BCUT2D eigenvalue weighted by molar-refractivity contribution is -0.122. The first-order valence-corrected chi connectivity index (χ1v) is 15.0. The van der Waals surface area contributed by atoms with Gasteiger partial charge in [-0.1, -0.05) is 25.7 Å². The summed E-state index contributed by atoms with van der Waals surface area (Å²) in [6.07, 6.45) is -0.236. The van der Waals surface area contributed by atoms with Gasteiger partial charge in [-0.05, 0) is 39.0 Å². The number of nitrogens with one attached hydrogen (secondary N) is 1. The second-order valence-electron chi connectivity index (χ2n) is 10.7. The highest BCUT2D eigenvalue weighted by molar-refractivity contribution is 6.88. The fraction of sp³-hybridized carbons (Fsp3) is 0.480. The van der Waals surface area contributed by atoms with Crippen LogP contribution in [0.15, 0.2) is 24.3 Å². The van der Waals surface area contributed by atoms with Gasteiger partial charge in [0.1, 0.15) is 23.3 Å². The van der Waals surface area contributed by atoms with Crippen molar-refractivity contribution in [2.45, 2.75) is 65.1 Å². The maximum atomic E-state index is 14.8. The van der Waals surface area contributed by atoms with Crippen molar-refractivity contribution in [1.82, 2.24) is 9.88 Å². The molecule has 0 saturated heterocycles. The number of hydrogen-bond donors (Lipinski definition) is 1. The highest BCUT2D eigenvalue weighted by atomic mass is 28.3. The number of carbonyl (C=O) groups excluding carboxylic acids is 2. The van der Waals surface area contributed by atoms with Gasteiger partial charge in [-0.3, -0.25) is 14.7 Å². The number of nitrogens with zero attached hydrogens (tertiary/aromatic N) is 2. The molecule has 0 aliphatic carbocycles. The third-order valence-electron chi connectivity index (χ3n) is 5.49. The second-order valence-corrected chi connectivity index (χ2v) is 15.7. The van der Waals surface area contributed by atoms with Crippen LogP contribution in [0.1, 0.15) is 43.8 Å². The number of halogens is 2. The zero-order chi connectivity index (χ0) is 26.1. The van der Waals surface area contributed by atoms with E-state index in [-0.39, 0.29) is 17.4 Å². The lowest BCUT2D eigenvalue weighted by atomic mass is 9.95. The molecule has 1 aliphatic heterocycles. The van der Waals surface area contributed by atoms with Gasteiger partial charge >= 0.3 is 6.09 Å². The second kappa shape index (κ2) is 10.0. The molecule has 0 spiro atoms. The molecule has 0 radical (unpaired) electrons. The van der Waals surface area contributed by atoms with Crippen molar-refractivity contribution < 1.29 is 27.8 Å². The number of methoxy groups -OCH3 is 1. The molecule has 0 saturated carbocycles. The van der Waals surface area contributed by atoms with Crippen LogP contribution < -0.4 is 10.5 Å². The first kappa shape index (κ1) is 26.7. The van der Waals surface area contributed by atoms with E-state index in [0.717, 1.165) is 12.1 Å². The van der Waals surface area contributed by atoms with Crippen molar-refractivity contribution in [1.29, 1.82) is 0 Å². The molecule has 190 valence electrons. The minimum atomic E-state index is -2.28. The Labute approximate surface area is 205 Å². The fourth-order valence-corrected chi connectivity index (χ4v) is 5.71. The predicted octanol–water partition coefficient (Wildman–Crippen LogP) is 4.52. The molecule has 1 N–H and O–H groups in total. The smallest absolute Gasteiger partial charge is 0.411 e. The summed E-state index contributed by atoms with van der Waals surface area (Å²) in [4.78, 5) is 32.4. The summed E-state index contributed by atoms with van der Waals surface area (Å²) in [6.45, 7) is 11.2. The third kappa shape index (κ3) is 6.23. The van der Waals surface area contributed by atoms with Crippen molar-refractivity contribution in [2.75, 3.05) is 19.0 Å². The molecule has 3 rings (SSSR count). The van der Waals surface area contributed by atoms with Crippen LogP contribution in [0.2, 0.25) is 19.6 Å². The molecule has 2 heterocycles. The summed E-state index contributed by atoms with van der Waals surface area (Å²) in [6, 6.07) is 4.61. The number of fused-ring (bicyclic) bond motifs is 1. The Kier molecular flexibility index (Phi) is 7.66. The third-order valence-corrected chi connectivity index (χ3v) is 7.47. The zero-order valence-corrected chi connectivity index (χ0v) is 22.3. The molecule has 2 aromatic rings. The molecule has 2 amide bonds. The highest BCUT2D eigenvalue weighted by Crippen LogP contribution is 2.32. The van der Waals surface area contributed by atoms with Crippen LogP contribution in [-0.2, 0) is 27.3 Å². The Morgan fingerprint density at radius 2 is 1.80 bits per heavy atom. The van der Waals surface area contributed by atoms with Crippen molar-refractivity contribution >= 4 is 30.9 Å². The minimum absolute atomic E-state index is 0.0211. The molecular weight excluding hydrogens is 472 g/mol. The molecule has 1 aromatic heterocycles. The molecule has 0 fully saturated rings. The number of hydrogen-bond acceptors (Lipinski definition) is 5. The van der Waals surface area contributed by atoms with Crippen molar-refractivity contribution in [2.24, 2.45) is 0 Å². The number of amides is 2. The van der Waals surface area contributed by atoms with E-state index in [9.17, 15) is 18.4 Å². The molecule has 1 aromatic carbocycles. The number of anilines is 1. The maximum Gasteiger partial charge on any atom is 0.411 e. The first-order valence-electron chi connectivity index (χ1n) is 11.5. The monoisotopic (exact) mass is 505 g/mol. The van der Waals surface area contributed by atoms with E-state index in [1.54, 1.807) is 40.0 Å². The van der Waals surface area contributed by atoms with E-state index in [0.29, 0.717) is 30.0 Å². The van der Waals surface area contributed by atoms with E-state index in [1.165, 1.54) is 4.90 Å². The Morgan fingerprint density at radius 1 is 1.17 bits per heavy atom. The van der Waals surface area contributed by atoms with Crippen molar-refractivity contribution in [3.8, 4) is 0 Å². The van der Waals surface area contributed by atoms with Gasteiger partial charge in [-0.25, -0.2) is 13.6 Å². The summed E-state index contributed by atoms with van der Waals surface area (Å²) >= 11 is 0. The summed E-state index contributed by atoms with van der Waals surface area (Å²) in [7, 11) is -0.714. The van der Waals surface area contributed by atoms with Crippen LogP contribution in [0, 0.1) is 11.6 Å². The molecule has 7 nitrogen and oxygen atoms in total. The van der Waals surface area contributed by atoms with Gasteiger partial charge in [0, 0.05) is 42.2 Å². The standard InChI is InChI=1S/C25H33F2N3O4Si/c1-25(2,3)34-24(32)30-11-10-20-17(9-8-15(28-20)14-33-4)21(30)23(31)29-16-12-18(26)22(19(27)13-16)35(5,6)7/h8-9,12-13,21H,10-11,14H2,1-7H3,(H,29,31). The topological polar surface area (TPSA) is 80.8 Å². The highest BCUT2D eigenvalue weighted by Gasteiger charge is 2.39. The van der Waals surface area contributed by atoms with Crippen LogP contribution >= 0.6 is 0 Å². The summed E-state index contributed by atoms with van der Waals surface area (Å²) < 4.78 is 40.2. The number of aromatic nitrogens is 1. The van der Waals surface area contributed by atoms with Crippen LogP contribution in [-0.4, -0.2) is 49.2 Å². The fourth-order valence-electron chi connectivity index (χ4n) is 4.13. The van der Waals surface area contributed by atoms with Gasteiger partial charge in [0.25, 0.3) is 5.91 Å². The lowest BCUT2D eigenvalue weighted by Crippen LogP contribution is -2.47. The largest absolute Gasteiger partial charge is 0.444 e. The van der Waals surface area contributed by atoms with Gasteiger partial charge < -0.3 is 14.8 Å². The molecular formula is C25H33F2N3O4Si. The molecule has 0 bridgehead atoms. The minimum Gasteiger partial charge on any atom is -0.444 e. The van der Waals surface area contributed by atoms with Crippen LogP contribution in [0.5, 0.6) is 0 Å². The van der Waals surface area contributed by atoms with E-state index < -0.39 is 43.4 Å². The van der Waals surface area contributed by atoms with Crippen LogP contribution in [0.25, 0.3) is 0 Å². The van der Waals surface area contributed by atoms with E-state index in [1.807, 2.05) is 19.6 Å². The summed E-state index contributed by atoms with van der Waals surface area (Å²) in [5, 5.41) is 2.67. The number of benzene rings is 1. The zero-order valence-electron chi connectivity index (χ0n) is 21.3. The molecule has 10 heteroatoms.